The fourth-order valence-corrected chi connectivity index (χ4v) is 4.50. The fourth-order valence-electron chi connectivity index (χ4n) is 4.50. The molecule has 0 N–H and O–H groups in total. The molecule has 1 saturated heterocycles. The molecule has 1 aromatic heterocycles. The third-order valence-electron chi connectivity index (χ3n) is 6.11. The number of amides is 1. The van der Waals surface area contributed by atoms with E-state index in [1.807, 2.05) is 24.8 Å². The summed E-state index contributed by atoms with van der Waals surface area (Å²) in [6, 6.07) is 12.0. The van der Waals surface area contributed by atoms with E-state index in [0.717, 1.165) is 36.4 Å². The molecule has 3 aromatic rings. The average Bonchev–Trinajstić information content (AvgIpc) is 3.38. The summed E-state index contributed by atoms with van der Waals surface area (Å²) in [4.78, 5) is 15.4. The summed E-state index contributed by atoms with van der Waals surface area (Å²) < 4.78 is 16.7. The summed E-state index contributed by atoms with van der Waals surface area (Å²) in [6.45, 7) is 9.03. The number of aromatic nitrogens is 1. The van der Waals surface area contributed by atoms with E-state index in [1.54, 1.807) is 19.2 Å². The van der Waals surface area contributed by atoms with Crippen LogP contribution in [0.3, 0.4) is 0 Å². The second kappa shape index (κ2) is 9.07. The van der Waals surface area contributed by atoms with Crippen LogP contribution in [0.2, 0.25) is 0 Å². The molecule has 0 bridgehead atoms. The molecule has 1 aliphatic rings. The highest BCUT2D eigenvalue weighted by molar-refractivity contribution is 5.95. The number of likely N-dealkylation sites (tertiary alicyclic amines) is 1. The molecule has 2 heterocycles. The lowest BCUT2D eigenvalue weighted by molar-refractivity contribution is 0.0735. The van der Waals surface area contributed by atoms with Crippen LogP contribution in [0.15, 0.2) is 40.9 Å². The van der Waals surface area contributed by atoms with Gasteiger partial charge in [-0.1, -0.05) is 34.5 Å². The highest BCUT2D eigenvalue weighted by Crippen LogP contribution is 2.36. The van der Waals surface area contributed by atoms with Crippen molar-refractivity contribution in [2.45, 2.75) is 53.2 Å². The van der Waals surface area contributed by atoms with Crippen LogP contribution in [0, 0.1) is 27.7 Å². The monoisotopic (exact) mass is 434 g/mol. The number of hydrogen-bond donors (Lipinski definition) is 0. The number of carbonyl (C=O) groups excluding carboxylic acids is 1. The second-order valence-corrected chi connectivity index (χ2v) is 8.53. The molecule has 1 fully saturated rings. The van der Waals surface area contributed by atoms with Crippen LogP contribution in [-0.2, 0) is 6.61 Å². The van der Waals surface area contributed by atoms with Crippen LogP contribution >= 0.6 is 0 Å². The lowest BCUT2D eigenvalue weighted by Crippen LogP contribution is -2.30. The Labute approximate surface area is 189 Å². The fraction of sp³-hybridized carbons (Fsp3) is 0.385. The second-order valence-electron chi connectivity index (χ2n) is 8.53. The highest BCUT2D eigenvalue weighted by atomic mass is 16.5. The molecule has 0 spiro atoms. The van der Waals surface area contributed by atoms with E-state index in [2.05, 4.69) is 37.2 Å². The maximum Gasteiger partial charge on any atom is 0.254 e. The summed E-state index contributed by atoms with van der Waals surface area (Å²) in [5, 5.41) is 3.96. The van der Waals surface area contributed by atoms with E-state index in [1.165, 1.54) is 16.7 Å². The normalized spacial score (nSPS) is 15.8. The van der Waals surface area contributed by atoms with E-state index in [0.29, 0.717) is 23.7 Å². The molecule has 32 heavy (non-hydrogen) atoms. The van der Waals surface area contributed by atoms with Crippen molar-refractivity contribution in [3.63, 3.8) is 0 Å². The van der Waals surface area contributed by atoms with Crippen LogP contribution in [0.25, 0.3) is 0 Å². The predicted molar refractivity (Wildman–Crippen MR) is 122 cm³/mol. The van der Waals surface area contributed by atoms with Gasteiger partial charge < -0.3 is 18.9 Å². The van der Waals surface area contributed by atoms with Gasteiger partial charge in [0.1, 0.15) is 12.4 Å². The highest BCUT2D eigenvalue weighted by Gasteiger charge is 2.31. The lowest BCUT2D eigenvalue weighted by Gasteiger charge is -2.26. The Hall–Kier alpha value is -3.28. The molecular weight excluding hydrogens is 404 g/mol. The quantitative estimate of drug-likeness (QED) is 0.514. The molecule has 4 rings (SSSR count). The van der Waals surface area contributed by atoms with Gasteiger partial charge in [0, 0.05) is 12.1 Å². The van der Waals surface area contributed by atoms with Crippen LogP contribution < -0.4 is 9.47 Å². The van der Waals surface area contributed by atoms with Crippen molar-refractivity contribution < 1.29 is 18.8 Å². The summed E-state index contributed by atoms with van der Waals surface area (Å²) in [5.74, 6) is 1.86. The number of nitrogens with zero attached hydrogens (tertiary/aromatic N) is 2. The molecule has 168 valence electrons. The van der Waals surface area contributed by atoms with Crippen LogP contribution in [-0.4, -0.2) is 29.6 Å². The summed E-state index contributed by atoms with van der Waals surface area (Å²) in [6.07, 6.45) is 1.98. The molecule has 1 aliphatic heterocycles. The first kappa shape index (κ1) is 21.9. The maximum atomic E-state index is 13.4. The Balaban J connectivity index is 1.54. The first-order valence-electron chi connectivity index (χ1n) is 11.0. The van der Waals surface area contributed by atoms with Crippen molar-refractivity contribution in [1.82, 2.24) is 10.1 Å². The van der Waals surface area contributed by atoms with Gasteiger partial charge >= 0.3 is 0 Å². The van der Waals surface area contributed by atoms with Crippen LogP contribution in [0.5, 0.6) is 11.5 Å². The van der Waals surface area contributed by atoms with Crippen molar-refractivity contribution in [2.24, 2.45) is 0 Å². The Kier molecular flexibility index (Phi) is 6.21. The Bertz CT molecular complexity index is 1100. The van der Waals surface area contributed by atoms with Crippen molar-refractivity contribution >= 4 is 5.91 Å². The summed E-state index contributed by atoms with van der Waals surface area (Å²) >= 11 is 0. The van der Waals surface area contributed by atoms with E-state index < -0.39 is 0 Å². The summed E-state index contributed by atoms with van der Waals surface area (Å²) in [5.41, 5.74) is 5.98. The standard InChI is InChI=1S/C26H30N2O4/c1-16-11-17(2)13-21(12-16)23-7-6-10-28(23)26(29)20-8-9-24(25(14-20)30-5)31-15-22-18(3)27-32-19(22)4/h8-9,11-14,23H,6-7,10,15H2,1-5H3. The largest absolute Gasteiger partial charge is 0.493 e. The third kappa shape index (κ3) is 4.35. The minimum Gasteiger partial charge on any atom is -0.493 e. The predicted octanol–water partition coefficient (Wildman–Crippen LogP) is 5.47. The lowest BCUT2D eigenvalue weighted by atomic mass is 9.99. The topological polar surface area (TPSA) is 64.8 Å². The molecule has 1 atom stereocenters. The zero-order chi connectivity index (χ0) is 22.8. The van der Waals surface area contributed by atoms with Gasteiger partial charge in [-0.25, -0.2) is 0 Å². The summed E-state index contributed by atoms with van der Waals surface area (Å²) in [7, 11) is 1.58. The van der Waals surface area contributed by atoms with Gasteiger partial charge in [0.25, 0.3) is 5.91 Å². The molecule has 1 amide bonds. The zero-order valence-corrected chi connectivity index (χ0v) is 19.4. The van der Waals surface area contributed by atoms with Crippen molar-refractivity contribution in [3.8, 4) is 11.5 Å². The third-order valence-corrected chi connectivity index (χ3v) is 6.11. The van der Waals surface area contributed by atoms with E-state index in [4.69, 9.17) is 14.0 Å². The van der Waals surface area contributed by atoms with Gasteiger partial charge in [0.15, 0.2) is 11.5 Å². The van der Waals surface area contributed by atoms with Gasteiger partial charge in [-0.05, 0) is 64.3 Å². The molecule has 6 heteroatoms. The molecule has 1 unspecified atom stereocenters. The molecule has 0 aliphatic carbocycles. The Morgan fingerprint density at radius 1 is 1.09 bits per heavy atom. The first-order chi connectivity index (χ1) is 15.4. The Morgan fingerprint density at radius 2 is 1.84 bits per heavy atom. The number of aryl methyl sites for hydroxylation is 4. The Morgan fingerprint density at radius 3 is 2.50 bits per heavy atom. The van der Waals surface area contributed by atoms with Crippen LogP contribution in [0.1, 0.15) is 62.9 Å². The molecule has 0 saturated carbocycles. The number of methoxy groups -OCH3 is 1. The van der Waals surface area contributed by atoms with E-state index >= 15 is 0 Å². The maximum absolute atomic E-state index is 13.4. The minimum atomic E-state index is 0.0160. The molecule has 2 aromatic carbocycles. The zero-order valence-electron chi connectivity index (χ0n) is 19.4. The van der Waals surface area contributed by atoms with Gasteiger partial charge in [-0.15, -0.1) is 0 Å². The van der Waals surface area contributed by atoms with Crippen molar-refractivity contribution in [3.05, 3.63) is 75.7 Å². The SMILES string of the molecule is COc1cc(C(=O)N2CCCC2c2cc(C)cc(C)c2)ccc1OCc1c(C)noc1C. The van der Waals surface area contributed by atoms with Gasteiger partial charge in [0.2, 0.25) is 0 Å². The van der Waals surface area contributed by atoms with Gasteiger partial charge in [-0.3, -0.25) is 4.79 Å². The van der Waals surface area contributed by atoms with Crippen molar-refractivity contribution in [1.29, 1.82) is 0 Å². The number of benzene rings is 2. The smallest absolute Gasteiger partial charge is 0.254 e. The van der Waals surface area contributed by atoms with E-state index in [9.17, 15) is 4.79 Å². The average molecular weight is 435 g/mol. The number of rotatable bonds is 6. The molecule has 6 nitrogen and oxygen atoms in total. The van der Waals surface area contributed by atoms with Crippen molar-refractivity contribution in [2.75, 3.05) is 13.7 Å². The number of carbonyl (C=O) groups is 1. The number of ether oxygens (including phenoxy) is 2. The van der Waals surface area contributed by atoms with E-state index in [-0.39, 0.29) is 11.9 Å². The molecule has 0 radical (unpaired) electrons. The van der Waals surface area contributed by atoms with Crippen LogP contribution in [0.4, 0.5) is 0 Å². The molecular formula is C26H30N2O4. The van der Waals surface area contributed by atoms with Gasteiger partial charge in [0.05, 0.1) is 24.4 Å². The first-order valence-corrected chi connectivity index (χ1v) is 11.0. The minimum absolute atomic E-state index is 0.0160. The van der Waals surface area contributed by atoms with Gasteiger partial charge in [-0.2, -0.15) is 0 Å². The number of hydrogen-bond acceptors (Lipinski definition) is 5.